The maximum atomic E-state index is 12.6. The van der Waals surface area contributed by atoms with Crippen molar-refractivity contribution in [2.45, 2.75) is 52.7 Å². The summed E-state index contributed by atoms with van der Waals surface area (Å²) in [6, 6.07) is 6.22. The summed E-state index contributed by atoms with van der Waals surface area (Å²) in [6.07, 6.45) is 3.23. The number of nitrogens with one attached hydrogen (secondary N) is 1. The van der Waals surface area contributed by atoms with Gasteiger partial charge in [0.1, 0.15) is 5.75 Å². The number of rotatable bonds is 4. The van der Waals surface area contributed by atoms with E-state index < -0.39 is 6.61 Å². The second-order valence-corrected chi connectivity index (χ2v) is 7.51. The third-order valence-corrected chi connectivity index (χ3v) is 6.45. The van der Waals surface area contributed by atoms with E-state index in [2.05, 4.69) is 30.8 Å². The van der Waals surface area contributed by atoms with Crippen molar-refractivity contribution >= 4 is 5.91 Å². The first-order chi connectivity index (χ1) is 10.8. The molecule has 1 amide bonds. The maximum absolute atomic E-state index is 12.6. The summed E-state index contributed by atoms with van der Waals surface area (Å²) in [5, 5.41) is 3.07. The van der Waals surface area contributed by atoms with E-state index in [1.165, 1.54) is 18.6 Å². The van der Waals surface area contributed by atoms with Gasteiger partial charge in [0, 0.05) is 6.04 Å². The predicted octanol–water partition coefficient (Wildman–Crippen LogP) is 4.23. The number of carbonyl (C=O) groups excluding carboxylic acids is 1. The molecule has 23 heavy (non-hydrogen) atoms. The second kappa shape index (κ2) is 5.46. The van der Waals surface area contributed by atoms with E-state index in [0.717, 1.165) is 12.8 Å². The number of ether oxygens (including phenoxy) is 1. The van der Waals surface area contributed by atoms with Gasteiger partial charge in [0.05, 0.1) is 5.56 Å². The highest BCUT2D eigenvalue weighted by Crippen LogP contribution is 2.65. The summed E-state index contributed by atoms with van der Waals surface area (Å²) in [5.74, 6) is 0.189. The van der Waals surface area contributed by atoms with Gasteiger partial charge >= 0.3 is 6.61 Å². The Labute approximate surface area is 135 Å². The number of hydrogen-bond acceptors (Lipinski definition) is 2. The molecule has 2 aliphatic carbocycles. The first-order valence-electron chi connectivity index (χ1n) is 8.10. The Morgan fingerprint density at radius 1 is 1.30 bits per heavy atom. The van der Waals surface area contributed by atoms with Crippen molar-refractivity contribution in [1.82, 2.24) is 5.32 Å². The van der Waals surface area contributed by atoms with Gasteiger partial charge in [-0.2, -0.15) is 8.78 Å². The van der Waals surface area contributed by atoms with E-state index >= 15 is 0 Å². The summed E-state index contributed by atoms with van der Waals surface area (Å²) in [7, 11) is 0. The van der Waals surface area contributed by atoms with E-state index in [4.69, 9.17) is 0 Å². The van der Waals surface area contributed by atoms with Crippen LogP contribution in [0.4, 0.5) is 8.78 Å². The van der Waals surface area contributed by atoms with Crippen LogP contribution in [0.5, 0.6) is 5.75 Å². The average molecular weight is 323 g/mol. The molecule has 1 N–H and O–H groups in total. The highest BCUT2D eigenvalue weighted by atomic mass is 19.3. The number of para-hydroxylation sites is 1. The molecule has 0 heterocycles. The van der Waals surface area contributed by atoms with Crippen molar-refractivity contribution in [2.75, 3.05) is 0 Å². The van der Waals surface area contributed by atoms with Crippen LogP contribution in [0.1, 0.15) is 50.4 Å². The number of halogens is 2. The second-order valence-electron chi connectivity index (χ2n) is 7.51. The third-order valence-electron chi connectivity index (χ3n) is 6.45. The van der Waals surface area contributed by atoms with Gasteiger partial charge in [-0.3, -0.25) is 4.79 Å². The van der Waals surface area contributed by atoms with Crippen LogP contribution in [0, 0.1) is 16.7 Å². The number of carbonyl (C=O) groups is 1. The van der Waals surface area contributed by atoms with E-state index in [1.54, 1.807) is 12.1 Å². The lowest BCUT2D eigenvalue weighted by Crippen LogP contribution is -2.46. The van der Waals surface area contributed by atoms with E-state index in [-0.39, 0.29) is 34.1 Å². The van der Waals surface area contributed by atoms with Gasteiger partial charge < -0.3 is 10.1 Å². The van der Waals surface area contributed by atoms with E-state index in [0.29, 0.717) is 5.92 Å². The van der Waals surface area contributed by atoms with Gasteiger partial charge in [-0.25, -0.2) is 0 Å². The molecule has 2 bridgehead atoms. The highest BCUT2D eigenvalue weighted by Gasteiger charge is 2.61. The molecule has 3 rings (SSSR count). The summed E-state index contributed by atoms with van der Waals surface area (Å²) in [5.41, 5.74) is 0.396. The zero-order valence-corrected chi connectivity index (χ0v) is 13.7. The number of amides is 1. The van der Waals surface area contributed by atoms with Crippen LogP contribution >= 0.6 is 0 Å². The smallest absolute Gasteiger partial charge is 0.387 e. The van der Waals surface area contributed by atoms with Crippen molar-refractivity contribution in [1.29, 1.82) is 0 Å². The van der Waals surface area contributed by atoms with Gasteiger partial charge in [0.2, 0.25) is 0 Å². The molecule has 126 valence electrons. The maximum Gasteiger partial charge on any atom is 0.387 e. The van der Waals surface area contributed by atoms with Crippen LogP contribution in [0.15, 0.2) is 24.3 Å². The fourth-order valence-corrected chi connectivity index (χ4v) is 4.51. The minimum Gasteiger partial charge on any atom is -0.434 e. The minimum absolute atomic E-state index is 0.0475. The zero-order valence-electron chi connectivity index (χ0n) is 13.7. The molecule has 0 aliphatic heterocycles. The molecule has 3 nitrogen and oxygen atoms in total. The van der Waals surface area contributed by atoms with Crippen LogP contribution in [0.2, 0.25) is 0 Å². The fraction of sp³-hybridized carbons (Fsp3) is 0.611. The normalized spacial score (nSPS) is 31.4. The number of fused-ring (bicyclic) bond motifs is 2. The number of alkyl halides is 2. The van der Waals surface area contributed by atoms with Gasteiger partial charge in [-0.1, -0.05) is 32.9 Å². The molecular weight excluding hydrogens is 300 g/mol. The van der Waals surface area contributed by atoms with Gasteiger partial charge in [-0.15, -0.1) is 0 Å². The first-order valence-corrected chi connectivity index (χ1v) is 8.10. The summed E-state index contributed by atoms with van der Waals surface area (Å²) in [4.78, 5) is 12.6. The molecule has 0 radical (unpaired) electrons. The van der Waals surface area contributed by atoms with Crippen LogP contribution < -0.4 is 10.1 Å². The summed E-state index contributed by atoms with van der Waals surface area (Å²) < 4.78 is 29.5. The Balaban J connectivity index is 1.79. The quantitative estimate of drug-likeness (QED) is 0.900. The molecule has 1 aromatic rings. The summed E-state index contributed by atoms with van der Waals surface area (Å²) in [6.45, 7) is 3.82. The Morgan fingerprint density at radius 3 is 2.57 bits per heavy atom. The fourth-order valence-electron chi connectivity index (χ4n) is 4.51. The van der Waals surface area contributed by atoms with E-state index in [1.807, 2.05) is 0 Å². The molecule has 0 aromatic heterocycles. The minimum atomic E-state index is -2.94. The standard InChI is InChI=1S/C18H23F2NO2/c1-17(2)11-8-9-18(17,3)14(10-11)21-15(22)12-6-4-5-7-13(12)23-16(19)20/h4-7,11,14,16H,8-10H2,1-3H3,(H,21,22). The van der Waals surface area contributed by atoms with Crippen molar-refractivity contribution in [3.63, 3.8) is 0 Å². The molecule has 1 aromatic carbocycles. The van der Waals surface area contributed by atoms with Crippen molar-refractivity contribution < 1.29 is 18.3 Å². The van der Waals surface area contributed by atoms with Gasteiger partial charge in [-0.05, 0) is 48.1 Å². The Bertz CT molecular complexity index is 617. The largest absolute Gasteiger partial charge is 0.434 e. The number of benzene rings is 1. The van der Waals surface area contributed by atoms with Gasteiger partial charge in [0.25, 0.3) is 5.91 Å². The molecule has 3 atom stereocenters. The molecule has 0 spiro atoms. The lowest BCUT2D eigenvalue weighted by molar-refractivity contribution is -0.0501. The number of hydrogen-bond donors (Lipinski definition) is 1. The lowest BCUT2D eigenvalue weighted by atomic mass is 9.69. The molecule has 5 heteroatoms. The monoisotopic (exact) mass is 323 g/mol. The average Bonchev–Trinajstić information content (AvgIpc) is 2.80. The molecular formula is C18H23F2NO2. The van der Waals surface area contributed by atoms with Crippen LogP contribution in [-0.2, 0) is 0 Å². The molecule has 3 unspecified atom stereocenters. The van der Waals surface area contributed by atoms with Crippen LogP contribution in [0.3, 0.4) is 0 Å². The molecule has 2 saturated carbocycles. The summed E-state index contributed by atoms with van der Waals surface area (Å²) >= 11 is 0. The first kappa shape index (κ1) is 16.2. The SMILES string of the molecule is CC1(C)C2CCC1(C)C(NC(=O)c1ccccc1OC(F)F)C2. The van der Waals surface area contributed by atoms with Crippen LogP contribution in [0.25, 0.3) is 0 Å². The highest BCUT2D eigenvalue weighted by molar-refractivity contribution is 5.97. The third kappa shape index (κ3) is 2.50. The zero-order chi connectivity index (χ0) is 16.8. The topological polar surface area (TPSA) is 38.3 Å². The Kier molecular flexibility index (Phi) is 3.85. The van der Waals surface area contributed by atoms with Crippen LogP contribution in [-0.4, -0.2) is 18.6 Å². The van der Waals surface area contributed by atoms with Gasteiger partial charge in [0.15, 0.2) is 0 Å². The molecule has 2 aliphatic rings. The predicted molar refractivity (Wildman–Crippen MR) is 83.6 cm³/mol. The lowest BCUT2D eigenvalue weighted by Gasteiger charge is -2.39. The van der Waals surface area contributed by atoms with Crippen molar-refractivity contribution in [3.05, 3.63) is 29.8 Å². The Hall–Kier alpha value is -1.65. The molecule has 2 fully saturated rings. The molecule has 0 saturated heterocycles. The van der Waals surface area contributed by atoms with Crippen molar-refractivity contribution in [2.24, 2.45) is 16.7 Å². The van der Waals surface area contributed by atoms with E-state index in [9.17, 15) is 13.6 Å². The Morgan fingerprint density at radius 2 is 2.00 bits per heavy atom. The van der Waals surface area contributed by atoms with Crippen molar-refractivity contribution in [3.8, 4) is 5.75 Å².